The highest BCUT2D eigenvalue weighted by molar-refractivity contribution is 14.1. The van der Waals surface area contributed by atoms with Crippen LogP contribution in [-0.2, 0) is 0 Å². The van der Waals surface area contributed by atoms with Gasteiger partial charge in [-0.2, -0.15) is 0 Å². The van der Waals surface area contributed by atoms with Crippen LogP contribution in [0.4, 0.5) is 0 Å². The number of alkyl halides is 1. The van der Waals surface area contributed by atoms with E-state index in [9.17, 15) is 0 Å². The first kappa shape index (κ1) is 16.7. The van der Waals surface area contributed by atoms with Gasteiger partial charge in [-0.15, -0.1) is 0 Å². The lowest BCUT2D eigenvalue weighted by Gasteiger charge is -2.15. The Morgan fingerprint density at radius 3 is 2.35 bits per heavy atom. The number of benzene rings is 2. The van der Waals surface area contributed by atoms with Crippen LogP contribution in [0.3, 0.4) is 0 Å². The van der Waals surface area contributed by atoms with E-state index in [4.69, 9.17) is 39.5 Å². The van der Waals surface area contributed by atoms with Gasteiger partial charge in [0.2, 0.25) is 0 Å². The van der Waals surface area contributed by atoms with Crippen molar-refractivity contribution in [2.24, 2.45) is 0 Å². The highest BCUT2D eigenvalue weighted by atomic mass is 127. The fourth-order valence-corrected chi connectivity index (χ4v) is 3.58. The summed E-state index contributed by atoms with van der Waals surface area (Å²) >= 11 is 24.4. The van der Waals surface area contributed by atoms with Gasteiger partial charge in [-0.3, -0.25) is 0 Å². The first-order valence-electron chi connectivity index (χ1n) is 5.56. The fraction of sp³-hybridized carbons (Fsp3) is 0.143. The van der Waals surface area contributed by atoms with Crippen molar-refractivity contribution < 1.29 is 4.74 Å². The minimum absolute atomic E-state index is 0.0899. The highest BCUT2D eigenvalue weighted by Gasteiger charge is 2.17. The third kappa shape index (κ3) is 3.55. The maximum Gasteiger partial charge on any atom is 0.138 e. The molecule has 0 fully saturated rings. The molecule has 0 aliphatic rings. The zero-order valence-electron chi connectivity index (χ0n) is 10.3. The minimum atomic E-state index is -0.0899. The minimum Gasteiger partial charge on any atom is -0.495 e. The van der Waals surface area contributed by atoms with Crippen molar-refractivity contribution in [3.63, 3.8) is 0 Å². The Hall–Kier alpha value is 0.320. The Bertz CT molecular complexity index is 649. The number of methoxy groups -OCH3 is 1. The number of hydrogen-bond acceptors (Lipinski definition) is 1. The van der Waals surface area contributed by atoms with Gasteiger partial charge < -0.3 is 4.74 Å². The molecule has 0 bridgehead atoms. The summed E-state index contributed by atoms with van der Waals surface area (Å²) in [7, 11) is 1.56. The summed E-state index contributed by atoms with van der Waals surface area (Å²) in [5, 5.41) is 1.82. The molecule has 0 spiro atoms. The topological polar surface area (TPSA) is 9.23 Å². The maximum atomic E-state index is 6.29. The second-order valence-electron chi connectivity index (χ2n) is 4.04. The molecule has 20 heavy (non-hydrogen) atoms. The quantitative estimate of drug-likeness (QED) is 0.331. The molecule has 0 N–H and O–H groups in total. The van der Waals surface area contributed by atoms with E-state index in [1.54, 1.807) is 19.2 Å². The summed E-state index contributed by atoms with van der Waals surface area (Å²) in [4.78, 5) is -0.0899. The molecule has 0 aliphatic carbocycles. The monoisotopic (exact) mass is 504 g/mol. The van der Waals surface area contributed by atoms with Gasteiger partial charge in [0, 0.05) is 14.7 Å². The molecule has 0 saturated carbocycles. The SMILES string of the molecule is COc1cc(Cl)c(C(Br)c2ccc(I)c(Cl)c2)cc1Cl. The van der Waals surface area contributed by atoms with Crippen LogP contribution >= 0.6 is 73.3 Å². The molecule has 0 amide bonds. The van der Waals surface area contributed by atoms with Gasteiger partial charge in [0.25, 0.3) is 0 Å². The first-order valence-corrected chi connectivity index (χ1v) is 8.68. The standard InChI is InChI=1S/C14H9BrCl3IO/c1-20-13-6-9(16)8(5-11(13)18)14(15)7-2-3-12(19)10(17)4-7/h2-6,14H,1H3. The van der Waals surface area contributed by atoms with Gasteiger partial charge in [0.05, 0.1) is 22.0 Å². The Morgan fingerprint density at radius 1 is 1.05 bits per heavy atom. The highest BCUT2D eigenvalue weighted by Crippen LogP contribution is 2.40. The van der Waals surface area contributed by atoms with E-state index < -0.39 is 0 Å². The van der Waals surface area contributed by atoms with Crippen molar-refractivity contribution in [3.05, 3.63) is 60.1 Å². The van der Waals surface area contributed by atoms with E-state index in [0.717, 1.165) is 14.7 Å². The summed E-state index contributed by atoms with van der Waals surface area (Å²) < 4.78 is 6.15. The number of rotatable bonds is 3. The lowest BCUT2D eigenvalue weighted by molar-refractivity contribution is 0.415. The van der Waals surface area contributed by atoms with Crippen LogP contribution in [0.25, 0.3) is 0 Å². The van der Waals surface area contributed by atoms with Crippen LogP contribution < -0.4 is 4.74 Å². The van der Waals surface area contributed by atoms with Crippen molar-refractivity contribution in [3.8, 4) is 5.75 Å². The fourth-order valence-electron chi connectivity index (χ4n) is 1.74. The van der Waals surface area contributed by atoms with Gasteiger partial charge in [0.15, 0.2) is 0 Å². The third-order valence-corrected chi connectivity index (χ3v) is 6.00. The van der Waals surface area contributed by atoms with Crippen molar-refractivity contribution in [1.29, 1.82) is 0 Å². The second-order valence-corrected chi connectivity index (χ2v) is 7.34. The summed E-state index contributed by atoms with van der Waals surface area (Å²) in [5.74, 6) is 0.556. The smallest absolute Gasteiger partial charge is 0.138 e. The predicted octanol–water partition coefficient (Wildman–Crippen LogP) is 6.74. The second kappa shape index (κ2) is 7.05. The lowest BCUT2D eigenvalue weighted by atomic mass is 10.0. The Kier molecular flexibility index (Phi) is 5.88. The predicted molar refractivity (Wildman–Crippen MR) is 98.0 cm³/mol. The molecule has 2 aromatic rings. The van der Waals surface area contributed by atoms with Crippen molar-refractivity contribution in [1.82, 2.24) is 0 Å². The first-order chi connectivity index (χ1) is 9.43. The molecule has 1 nitrogen and oxygen atoms in total. The van der Waals surface area contributed by atoms with Gasteiger partial charge in [-0.05, 0) is 51.9 Å². The van der Waals surface area contributed by atoms with Gasteiger partial charge in [0.1, 0.15) is 5.75 Å². The Morgan fingerprint density at radius 2 is 1.75 bits per heavy atom. The largest absolute Gasteiger partial charge is 0.495 e. The molecule has 0 aliphatic heterocycles. The van der Waals surface area contributed by atoms with E-state index in [2.05, 4.69) is 38.5 Å². The van der Waals surface area contributed by atoms with E-state index in [1.807, 2.05) is 18.2 Å². The molecule has 106 valence electrons. The van der Waals surface area contributed by atoms with E-state index in [1.165, 1.54) is 0 Å². The summed E-state index contributed by atoms with van der Waals surface area (Å²) in [5.41, 5.74) is 1.88. The van der Waals surface area contributed by atoms with Crippen molar-refractivity contribution in [2.45, 2.75) is 4.83 Å². The van der Waals surface area contributed by atoms with Crippen LogP contribution in [0.1, 0.15) is 16.0 Å². The molecule has 0 aromatic heterocycles. The zero-order chi connectivity index (χ0) is 14.9. The van der Waals surface area contributed by atoms with Crippen molar-refractivity contribution in [2.75, 3.05) is 7.11 Å². The maximum absolute atomic E-state index is 6.29. The number of halogens is 5. The van der Waals surface area contributed by atoms with E-state index in [0.29, 0.717) is 20.8 Å². The van der Waals surface area contributed by atoms with Gasteiger partial charge in [-0.1, -0.05) is 56.8 Å². The zero-order valence-corrected chi connectivity index (χ0v) is 16.3. The molecule has 2 rings (SSSR count). The van der Waals surface area contributed by atoms with Crippen LogP contribution in [0.5, 0.6) is 5.75 Å². The van der Waals surface area contributed by atoms with Gasteiger partial charge in [-0.25, -0.2) is 0 Å². The van der Waals surface area contributed by atoms with Crippen LogP contribution in [0.15, 0.2) is 30.3 Å². The molecule has 0 saturated heterocycles. The van der Waals surface area contributed by atoms with Crippen molar-refractivity contribution >= 4 is 73.3 Å². The molecule has 0 heterocycles. The summed E-state index contributed by atoms with van der Waals surface area (Å²) in [6.45, 7) is 0. The normalized spacial score (nSPS) is 12.3. The molecular formula is C14H9BrCl3IO. The average molecular weight is 506 g/mol. The van der Waals surface area contributed by atoms with Crippen LogP contribution in [0, 0.1) is 3.57 Å². The molecular weight excluding hydrogens is 497 g/mol. The number of ether oxygens (including phenoxy) is 1. The van der Waals surface area contributed by atoms with E-state index >= 15 is 0 Å². The summed E-state index contributed by atoms with van der Waals surface area (Å²) in [6.07, 6.45) is 0. The Labute approximate surface area is 154 Å². The van der Waals surface area contributed by atoms with Crippen LogP contribution in [0.2, 0.25) is 15.1 Å². The average Bonchev–Trinajstić information content (AvgIpc) is 2.43. The molecule has 0 radical (unpaired) electrons. The third-order valence-electron chi connectivity index (χ3n) is 2.78. The molecule has 1 unspecified atom stereocenters. The Balaban J connectivity index is 2.45. The molecule has 1 atom stereocenters. The molecule has 2 aromatic carbocycles. The van der Waals surface area contributed by atoms with E-state index in [-0.39, 0.29) is 4.83 Å². The molecule has 6 heteroatoms. The number of hydrogen-bond donors (Lipinski definition) is 0. The van der Waals surface area contributed by atoms with Crippen LogP contribution in [-0.4, -0.2) is 7.11 Å². The van der Waals surface area contributed by atoms with Gasteiger partial charge >= 0.3 is 0 Å². The lowest BCUT2D eigenvalue weighted by Crippen LogP contribution is -1.96. The summed E-state index contributed by atoms with van der Waals surface area (Å²) in [6, 6.07) is 9.39.